The molecular weight excluding hydrogens is 310 g/mol. The lowest BCUT2D eigenvalue weighted by Crippen LogP contribution is -2.30. The van der Waals surface area contributed by atoms with Gasteiger partial charge in [0.1, 0.15) is 0 Å². The first-order valence-corrected chi connectivity index (χ1v) is 7.67. The topological polar surface area (TPSA) is 29.1 Å². The van der Waals surface area contributed by atoms with Gasteiger partial charge in [0, 0.05) is 15.9 Å². The Labute approximate surface area is 122 Å². The van der Waals surface area contributed by atoms with E-state index >= 15 is 0 Å². The molecule has 18 heavy (non-hydrogen) atoms. The van der Waals surface area contributed by atoms with Crippen LogP contribution >= 0.6 is 28.6 Å². The Morgan fingerprint density at radius 3 is 2.72 bits per heavy atom. The van der Waals surface area contributed by atoms with Gasteiger partial charge in [0.25, 0.3) is 5.91 Å². The van der Waals surface area contributed by atoms with E-state index < -0.39 is 0 Å². The predicted molar refractivity (Wildman–Crippen MR) is 80.3 cm³/mol. The van der Waals surface area contributed by atoms with Gasteiger partial charge in [-0.1, -0.05) is 35.2 Å². The average Bonchev–Trinajstić information content (AvgIpc) is 2.37. The van der Waals surface area contributed by atoms with Gasteiger partial charge in [-0.2, -0.15) is 0 Å². The minimum Gasteiger partial charge on any atom is -0.352 e. The van der Waals surface area contributed by atoms with E-state index in [0.717, 1.165) is 11.0 Å². The number of carbonyl (C=O) groups is 1. The number of hydrogen-bond donors (Lipinski definition) is 2. The highest BCUT2D eigenvalue weighted by atomic mass is 79.9. The Hall–Kier alpha value is -0.480. The highest BCUT2D eigenvalue weighted by molar-refractivity contribution is 9.10. The lowest BCUT2D eigenvalue weighted by molar-refractivity contribution is 0.0940. The largest absolute Gasteiger partial charge is 0.352 e. The number of hydrogen-bond acceptors (Lipinski definition) is 2. The highest BCUT2D eigenvalue weighted by Gasteiger charge is 2.15. The van der Waals surface area contributed by atoms with E-state index in [1.54, 1.807) is 0 Å². The van der Waals surface area contributed by atoms with Crippen LogP contribution in [0.4, 0.5) is 0 Å². The summed E-state index contributed by atoms with van der Waals surface area (Å²) in [5, 5.41) is 3.03. The van der Waals surface area contributed by atoms with Crippen molar-refractivity contribution in [2.75, 3.05) is 6.54 Å². The van der Waals surface area contributed by atoms with E-state index in [9.17, 15) is 4.79 Å². The number of carbonyl (C=O) groups excluding carboxylic acids is 1. The molecule has 1 aliphatic carbocycles. The molecular formula is C14H18BrNOS. The van der Waals surface area contributed by atoms with Crippen LogP contribution in [-0.4, -0.2) is 12.5 Å². The molecule has 4 heteroatoms. The summed E-state index contributed by atoms with van der Waals surface area (Å²) < 4.78 is 0.941. The van der Waals surface area contributed by atoms with Crippen LogP contribution in [0.2, 0.25) is 0 Å². The Bertz CT molecular complexity index is 430. The van der Waals surface area contributed by atoms with Crippen molar-refractivity contribution in [2.45, 2.75) is 37.0 Å². The fourth-order valence-electron chi connectivity index (χ4n) is 2.42. The molecule has 2 nitrogen and oxygen atoms in total. The van der Waals surface area contributed by atoms with Crippen molar-refractivity contribution >= 4 is 34.5 Å². The molecule has 0 aromatic heterocycles. The highest BCUT2D eigenvalue weighted by Crippen LogP contribution is 2.23. The Balaban J connectivity index is 1.90. The van der Waals surface area contributed by atoms with Crippen LogP contribution in [0.1, 0.15) is 42.5 Å². The second-order valence-electron chi connectivity index (χ2n) is 4.88. The lowest BCUT2D eigenvalue weighted by atomic mass is 9.89. The van der Waals surface area contributed by atoms with Crippen LogP contribution in [0.3, 0.4) is 0 Å². The predicted octanol–water partition coefficient (Wildman–Crippen LogP) is 4.05. The summed E-state index contributed by atoms with van der Waals surface area (Å²) in [4.78, 5) is 12.8. The monoisotopic (exact) mass is 327 g/mol. The van der Waals surface area contributed by atoms with Gasteiger partial charge in [0.05, 0.1) is 5.56 Å². The zero-order chi connectivity index (χ0) is 13.0. The minimum absolute atomic E-state index is 0.0157. The quantitative estimate of drug-likeness (QED) is 0.806. The van der Waals surface area contributed by atoms with Crippen molar-refractivity contribution in [1.82, 2.24) is 5.32 Å². The standard InChI is InChI=1S/C14H18BrNOS/c15-11-6-7-12(13(18)8-11)14(17)16-9-10-4-2-1-3-5-10/h6-8,10,18H,1-5,9H2,(H,16,17). The van der Waals surface area contributed by atoms with Crippen molar-refractivity contribution in [3.05, 3.63) is 28.2 Å². The number of halogens is 1. The molecule has 1 N–H and O–H groups in total. The summed E-state index contributed by atoms with van der Waals surface area (Å²) in [6.45, 7) is 0.794. The average molecular weight is 328 g/mol. The van der Waals surface area contributed by atoms with Crippen molar-refractivity contribution in [3.63, 3.8) is 0 Å². The van der Waals surface area contributed by atoms with Gasteiger partial charge in [0.15, 0.2) is 0 Å². The number of nitrogens with one attached hydrogen (secondary N) is 1. The van der Waals surface area contributed by atoms with Crippen molar-refractivity contribution < 1.29 is 4.79 Å². The second kappa shape index (κ2) is 6.62. The van der Waals surface area contributed by atoms with Gasteiger partial charge >= 0.3 is 0 Å². The molecule has 2 rings (SSSR count). The maximum absolute atomic E-state index is 12.0. The van der Waals surface area contributed by atoms with Crippen LogP contribution in [0.25, 0.3) is 0 Å². The van der Waals surface area contributed by atoms with Crippen molar-refractivity contribution in [1.29, 1.82) is 0 Å². The molecule has 0 saturated heterocycles. The maximum atomic E-state index is 12.0. The van der Waals surface area contributed by atoms with Gasteiger partial charge in [-0.25, -0.2) is 0 Å². The third-order valence-corrected chi connectivity index (χ3v) is 4.34. The molecule has 1 amide bonds. The Kier molecular flexibility index (Phi) is 5.13. The summed E-state index contributed by atoms with van der Waals surface area (Å²) in [6.07, 6.45) is 6.44. The van der Waals surface area contributed by atoms with E-state index in [0.29, 0.717) is 16.4 Å². The maximum Gasteiger partial charge on any atom is 0.252 e. The molecule has 0 spiro atoms. The minimum atomic E-state index is -0.0157. The normalized spacial score (nSPS) is 16.6. The third-order valence-electron chi connectivity index (χ3n) is 3.48. The van der Waals surface area contributed by atoms with Crippen LogP contribution in [0.15, 0.2) is 27.6 Å². The van der Waals surface area contributed by atoms with Gasteiger partial charge in [-0.05, 0) is 37.0 Å². The van der Waals surface area contributed by atoms with Gasteiger partial charge in [-0.3, -0.25) is 4.79 Å². The summed E-state index contributed by atoms with van der Waals surface area (Å²) in [5.41, 5.74) is 0.650. The third kappa shape index (κ3) is 3.75. The van der Waals surface area contributed by atoms with E-state index in [1.807, 2.05) is 18.2 Å². The first kappa shape index (κ1) is 13.9. The van der Waals surface area contributed by atoms with Crippen LogP contribution in [0, 0.1) is 5.92 Å². The number of amides is 1. The first-order chi connectivity index (χ1) is 8.66. The molecule has 1 fully saturated rings. The molecule has 0 bridgehead atoms. The summed E-state index contributed by atoms with van der Waals surface area (Å²) >= 11 is 7.70. The second-order valence-corrected chi connectivity index (χ2v) is 6.27. The van der Waals surface area contributed by atoms with E-state index in [1.165, 1.54) is 32.1 Å². The number of thiol groups is 1. The van der Waals surface area contributed by atoms with E-state index in [2.05, 4.69) is 33.9 Å². The molecule has 0 heterocycles. The van der Waals surface area contributed by atoms with E-state index in [4.69, 9.17) is 0 Å². The van der Waals surface area contributed by atoms with Crippen molar-refractivity contribution in [2.24, 2.45) is 5.92 Å². The molecule has 1 aromatic carbocycles. The SMILES string of the molecule is O=C(NCC1CCCCC1)c1ccc(Br)cc1S. The van der Waals surface area contributed by atoms with Gasteiger partial charge < -0.3 is 5.32 Å². The summed E-state index contributed by atoms with van der Waals surface area (Å²) in [7, 11) is 0. The zero-order valence-corrected chi connectivity index (χ0v) is 12.8. The van der Waals surface area contributed by atoms with Gasteiger partial charge in [-0.15, -0.1) is 12.6 Å². The first-order valence-electron chi connectivity index (χ1n) is 6.43. The molecule has 1 aliphatic rings. The molecule has 1 aromatic rings. The zero-order valence-electron chi connectivity index (χ0n) is 10.3. The number of rotatable bonds is 3. The Morgan fingerprint density at radius 1 is 1.33 bits per heavy atom. The van der Waals surface area contributed by atoms with Crippen LogP contribution in [0.5, 0.6) is 0 Å². The smallest absolute Gasteiger partial charge is 0.252 e. The molecule has 98 valence electrons. The molecule has 0 aliphatic heterocycles. The molecule has 0 atom stereocenters. The van der Waals surface area contributed by atoms with E-state index in [-0.39, 0.29) is 5.91 Å². The molecule has 0 unspecified atom stereocenters. The van der Waals surface area contributed by atoms with Crippen LogP contribution in [-0.2, 0) is 0 Å². The molecule has 1 saturated carbocycles. The Morgan fingerprint density at radius 2 is 2.06 bits per heavy atom. The molecule has 0 radical (unpaired) electrons. The summed E-state index contributed by atoms with van der Waals surface area (Å²) in [5.74, 6) is 0.639. The van der Waals surface area contributed by atoms with Crippen molar-refractivity contribution in [3.8, 4) is 0 Å². The van der Waals surface area contributed by atoms with Gasteiger partial charge in [0.2, 0.25) is 0 Å². The lowest BCUT2D eigenvalue weighted by Gasteiger charge is -2.21. The number of benzene rings is 1. The fourth-order valence-corrected chi connectivity index (χ4v) is 3.27. The van der Waals surface area contributed by atoms with Crippen LogP contribution < -0.4 is 5.32 Å². The summed E-state index contributed by atoms with van der Waals surface area (Å²) in [6, 6.07) is 5.52. The fraction of sp³-hybridized carbons (Fsp3) is 0.500.